The highest BCUT2D eigenvalue weighted by Gasteiger charge is 2.26. The Morgan fingerprint density at radius 2 is 2.14 bits per heavy atom. The molecule has 1 atom stereocenters. The Labute approximate surface area is 144 Å². The molecular formula is C15H21BrClFN2O2. The highest BCUT2D eigenvalue weighted by Crippen LogP contribution is 2.18. The minimum Gasteiger partial charge on any atom is -0.381 e. The second-order valence-corrected chi connectivity index (χ2v) is 6.12. The zero-order valence-corrected chi connectivity index (χ0v) is 14.6. The summed E-state index contributed by atoms with van der Waals surface area (Å²) in [5.41, 5.74) is 6.95. The van der Waals surface area contributed by atoms with Crippen LogP contribution in [0, 0.1) is 11.7 Å². The lowest BCUT2D eigenvalue weighted by Gasteiger charge is -2.26. The van der Waals surface area contributed by atoms with Gasteiger partial charge in [0, 0.05) is 19.8 Å². The van der Waals surface area contributed by atoms with Gasteiger partial charge in [0.05, 0.1) is 10.5 Å². The van der Waals surface area contributed by atoms with E-state index in [0.717, 1.165) is 18.4 Å². The molecule has 0 spiro atoms. The molecule has 1 aromatic carbocycles. The number of carbonyl (C=O) groups is 1. The zero-order valence-electron chi connectivity index (χ0n) is 12.2. The average Bonchev–Trinajstić information content (AvgIpc) is 2.51. The van der Waals surface area contributed by atoms with Gasteiger partial charge >= 0.3 is 0 Å². The van der Waals surface area contributed by atoms with Crippen LogP contribution < -0.4 is 11.1 Å². The summed E-state index contributed by atoms with van der Waals surface area (Å²) in [5, 5.41) is 2.85. The number of carbonyl (C=O) groups excluding carboxylic acids is 1. The molecule has 1 heterocycles. The quantitative estimate of drug-likeness (QED) is 0.805. The summed E-state index contributed by atoms with van der Waals surface area (Å²) < 4.78 is 18.8. The standard InChI is InChI=1S/C15H20BrFN2O2.ClH/c16-12-9-10(1-2-13(12)17)3-6-19-15(20)14(18)11-4-7-21-8-5-11;/h1-2,9,11,14H,3-8,18H2,(H,19,20);1H. The predicted molar refractivity (Wildman–Crippen MR) is 89.6 cm³/mol. The first-order valence-corrected chi connectivity index (χ1v) is 7.92. The maximum atomic E-state index is 13.1. The zero-order chi connectivity index (χ0) is 15.2. The smallest absolute Gasteiger partial charge is 0.237 e. The predicted octanol–water partition coefficient (Wildman–Crippen LogP) is 2.42. The van der Waals surface area contributed by atoms with E-state index in [1.54, 1.807) is 12.1 Å². The van der Waals surface area contributed by atoms with Crippen LogP contribution in [0.2, 0.25) is 0 Å². The van der Waals surface area contributed by atoms with Gasteiger partial charge in [-0.3, -0.25) is 4.79 Å². The molecule has 7 heteroatoms. The van der Waals surface area contributed by atoms with Crippen LogP contribution in [-0.4, -0.2) is 31.7 Å². The van der Waals surface area contributed by atoms with Crippen molar-refractivity contribution in [2.24, 2.45) is 11.7 Å². The number of nitrogens with one attached hydrogen (secondary N) is 1. The highest BCUT2D eigenvalue weighted by molar-refractivity contribution is 9.10. The normalized spacial score (nSPS) is 16.7. The minimum atomic E-state index is -0.478. The van der Waals surface area contributed by atoms with Gasteiger partial charge in [0.25, 0.3) is 0 Å². The number of nitrogens with two attached hydrogens (primary N) is 1. The fourth-order valence-corrected chi connectivity index (χ4v) is 2.86. The lowest BCUT2D eigenvalue weighted by molar-refractivity contribution is -0.124. The fourth-order valence-electron chi connectivity index (χ4n) is 2.43. The lowest BCUT2D eigenvalue weighted by Crippen LogP contribution is -2.47. The Morgan fingerprint density at radius 3 is 2.77 bits per heavy atom. The molecule has 0 aliphatic carbocycles. The number of benzene rings is 1. The van der Waals surface area contributed by atoms with Crippen LogP contribution in [0.25, 0.3) is 0 Å². The Morgan fingerprint density at radius 1 is 1.45 bits per heavy atom. The molecule has 0 saturated carbocycles. The van der Waals surface area contributed by atoms with Crippen LogP contribution in [0.5, 0.6) is 0 Å². The van der Waals surface area contributed by atoms with Crippen molar-refractivity contribution < 1.29 is 13.9 Å². The number of amides is 1. The van der Waals surface area contributed by atoms with E-state index in [-0.39, 0.29) is 30.0 Å². The van der Waals surface area contributed by atoms with Gasteiger partial charge in [0.2, 0.25) is 5.91 Å². The molecule has 3 N–H and O–H groups in total. The van der Waals surface area contributed by atoms with Gasteiger partial charge in [-0.25, -0.2) is 4.39 Å². The van der Waals surface area contributed by atoms with Gasteiger partial charge in [0.15, 0.2) is 0 Å². The molecule has 0 radical (unpaired) electrons. The maximum absolute atomic E-state index is 13.1. The Kier molecular flexibility index (Phi) is 8.31. The summed E-state index contributed by atoms with van der Waals surface area (Å²) >= 11 is 3.15. The van der Waals surface area contributed by atoms with E-state index in [1.165, 1.54) is 6.07 Å². The average molecular weight is 396 g/mol. The van der Waals surface area contributed by atoms with Gasteiger partial charge in [0.1, 0.15) is 5.82 Å². The van der Waals surface area contributed by atoms with E-state index < -0.39 is 6.04 Å². The number of hydrogen-bond donors (Lipinski definition) is 2. The van der Waals surface area contributed by atoms with Gasteiger partial charge in [-0.15, -0.1) is 12.4 Å². The van der Waals surface area contributed by atoms with E-state index in [2.05, 4.69) is 21.2 Å². The van der Waals surface area contributed by atoms with Crippen molar-refractivity contribution in [1.29, 1.82) is 0 Å². The van der Waals surface area contributed by atoms with Crippen molar-refractivity contribution in [2.45, 2.75) is 25.3 Å². The topological polar surface area (TPSA) is 64.4 Å². The van der Waals surface area contributed by atoms with Crippen LogP contribution >= 0.6 is 28.3 Å². The molecule has 1 unspecified atom stereocenters. The number of rotatable bonds is 5. The summed E-state index contributed by atoms with van der Waals surface area (Å²) in [5.74, 6) is -0.217. The molecule has 1 amide bonds. The first-order valence-electron chi connectivity index (χ1n) is 7.13. The van der Waals surface area contributed by atoms with Crippen molar-refractivity contribution in [3.63, 3.8) is 0 Å². The van der Waals surface area contributed by atoms with Crippen molar-refractivity contribution in [3.05, 3.63) is 34.1 Å². The Hall–Kier alpha value is -0.690. The van der Waals surface area contributed by atoms with Crippen molar-refractivity contribution in [3.8, 4) is 0 Å². The summed E-state index contributed by atoms with van der Waals surface area (Å²) in [4.78, 5) is 12.0. The lowest BCUT2D eigenvalue weighted by atomic mass is 9.92. The van der Waals surface area contributed by atoms with E-state index >= 15 is 0 Å². The SMILES string of the molecule is Cl.NC(C(=O)NCCc1ccc(F)c(Br)c1)C1CCOCC1. The monoisotopic (exact) mass is 394 g/mol. The molecule has 1 saturated heterocycles. The third-order valence-electron chi connectivity index (χ3n) is 3.77. The first-order chi connectivity index (χ1) is 10.1. The molecule has 1 aliphatic rings. The van der Waals surface area contributed by atoms with Gasteiger partial charge in [-0.05, 0) is 58.8 Å². The molecule has 4 nitrogen and oxygen atoms in total. The second-order valence-electron chi connectivity index (χ2n) is 5.27. The van der Waals surface area contributed by atoms with Crippen LogP contribution in [0.3, 0.4) is 0 Å². The molecule has 0 bridgehead atoms. The Bertz CT molecular complexity index is 498. The van der Waals surface area contributed by atoms with Crippen molar-refractivity contribution in [2.75, 3.05) is 19.8 Å². The fraction of sp³-hybridized carbons (Fsp3) is 0.533. The van der Waals surface area contributed by atoms with Crippen molar-refractivity contribution >= 4 is 34.2 Å². The second kappa shape index (κ2) is 9.45. The van der Waals surface area contributed by atoms with E-state index in [4.69, 9.17) is 10.5 Å². The number of ether oxygens (including phenoxy) is 1. The minimum absolute atomic E-state index is 0. The maximum Gasteiger partial charge on any atom is 0.237 e. The molecule has 2 rings (SSSR count). The Balaban J connectivity index is 0.00000242. The van der Waals surface area contributed by atoms with E-state index in [1.807, 2.05) is 0 Å². The third kappa shape index (κ3) is 5.50. The number of hydrogen-bond acceptors (Lipinski definition) is 3. The molecule has 124 valence electrons. The summed E-state index contributed by atoms with van der Waals surface area (Å²) in [6.45, 7) is 1.85. The van der Waals surface area contributed by atoms with Crippen LogP contribution in [0.15, 0.2) is 22.7 Å². The van der Waals surface area contributed by atoms with Crippen LogP contribution in [-0.2, 0) is 16.0 Å². The highest BCUT2D eigenvalue weighted by atomic mass is 79.9. The summed E-state index contributed by atoms with van der Waals surface area (Å²) in [7, 11) is 0. The summed E-state index contributed by atoms with van der Waals surface area (Å²) in [6, 6.07) is 4.37. The largest absolute Gasteiger partial charge is 0.381 e. The molecule has 0 aromatic heterocycles. The van der Waals surface area contributed by atoms with Gasteiger partial charge in [-0.1, -0.05) is 6.07 Å². The molecular weight excluding hydrogens is 375 g/mol. The summed E-state index contributed by atoms with van der Waals surface area (Å²) in [6.07, 6.45) is 2.31. The molecule has 1 fully saturated rings. The van der Waals surface area contributed by atoms with Crippen LogP contribution in [0.4, 0.5) is 4.39 Å². The molecule has 1 aromatic rings. The van der Waals surface area contributed by atoms with E-state index in [0.29, 0.717) is 30.7 Å². The molecule has 22 heavy (non-hydrogen) atoms. The first kappa shape index (κ1) is 19.4. The van der Waals surface area contributed by atoms with Gasteiger partial charge < -0.3 is 15.8 Å². The van der Waals surface area contributed by atoms with E-state index in [9.17, 15) is 9.18 Å². The van der Waals surface area contributed by atoms with Crippen molar-refractivity contribution in [1.82, 2.24) is 5.32 Å². The number of halogens is 3. The van der Waals surface area contributed by atoms with Gasteiger partial charge in [-0.2, -0.15) is 0 Å². The third-order valence-corrected chi connectivity index (χ3v) is 4.38. The van der Waals surface area contributed by atoms with Crippen LogP contribution in [0.1, 0.15) is 18.4 Å². The molecule has 1 aliphatic heterocycles.